The van der Waals surface area contributed by atoms with Crippen molar-refractivity contribution in [2.75, 3.05) is 30.8 Å². The molecule has 7 nitrogen and oxygen atoms in total. The van der Waals surface area contributed by atoms with Crippen LogP contribution < -0.4 is 5.32 Å². The lowest BCUT2D eigenvalue weighted by Gasteiger charge is -2.19. The highest BCUT2D eigenvalue weighted by Gasteiger charge is 2.22. The van der Waals surface area contributed by atoms with Crippen LogP contribution in [0, 0.1) is 6.92 Å². The number of benzene rings is 2. The predicted molar refractivity (Wildman–Crippen MR) is 130 cm³/mol. The Hall–Kier alpha value is -2.36. The summed E-state index contributed by atoms with van der Waals surface area (Å²) in [6.45, 7) is 5.59. The maximum absolute atomic E-state index is 12.8. The lowest BCUT2D eigenvalue weighted by atomic mass is 10.1. The van der Waals surface area contributed by atoms with Gasteiger partial charge in [-0.3, -0.25) is 9.59 Å². The molecule has 0 unspecified atom stereocenters. The second-order valence-electron chi connectivity index (χ2n) is 7.85. The molecule has 0 aliphatic heterocycles. The Balaban J connectivity index is 1.53. The van der Waals surface area contributed by atoms with Crippen LogP contribution in [0.3, 0.4) is 0 Å². The molecule has 2 aromatic rings. The number of anilines is 1. The minimum absolute atomic E-state index is 0.106. The van der Waals surface area contributed by atoms with Gasteiger partial charge in [0, 0.05) is 23.7 Å². The first kappa shape index (κ1) is 25.3. The third kappa shape index (κ3) is 6.37. The number of nitrogens with one attached hydrogen (secondary N) is 1. The number of carbonyl (C=O) groups excluding carboxylic acids is 2. The van der Waals surface area contributed by atoms with Crippen LogP contribution in [0.15, 0.2) is 46.2 Å². The Bertz CT molecular complexity index is 1130. The summed E-state index contributed by atoms with van der Waals surface area (Å²) in [5.41, 5.74) is 3.80. The Labute approximate surface area is 199 Å². The topological polar surface area (TPSA) is 92.8 Å². The average Bonchev–Trinajstić information content (AvgIpc) is 3.26. The first-order valence-corrected chi connectivity index (χ1v) is 13.5. The standard InChI is InChI=1S/C24H30N2O5S2/c1-4-26(5-2)33(29,30)21-12-9-17(3)22(14-21)25-23(27)15-31-24(28)16-32-20-11-10-18-7-6-8-19(18)13-20/h9-14H,4-8,15-16H2,1-3H3,(H,25,27). The molecular weight excluding hydrogens is 460 g/mol. The molecule has 1 aliphatic rings. The summed E-state index contributed by atoms with van der Waals surface area (Å²) in [4.78, 5) is 25.5. The first-order chi connectivity index (χ1) is 15.7. The lowest BCUT2D eigenvalue weighted by molar-refractivity contribution is -0.144. The third-order valence-corrected chi connectivity index (χ3v) is 8.63. The zero-order valence-electron chi connectivity index (χ0n) is 19.2. The van der Waals surface area contributed by atoms with Crippen molar-refractivity contribution in [3.05, 3.63) is 53.1 Å². The minimum Gasteiger partial charge on any atom is -0.455 e. The molecule has 0 bridgehead atoms. The van der Waals surface area contributed by atoms with Crippen molar-refractivity contribution in [2.45, 2.75) is 49.8 Å². The van der Waals surface area contributed by atoms with E-state index in [1.54, 1.807) is 26.8 Å². The number of hydrogen-bond acceptors (Lipinski definition) is 6. The van der Waals surface area contributed by atoms with Gasteiger partial charge in [-0.25, -0.2) is 8.42 Å². The maximum Gasteiger partial charge on any atom is 0.316 e. The molecule has 0 saturated heterocycles. The summed E-state index contributed by atoms with van der Waals surface area (Å²) >= 11 is 1.39. The van der Waals surface area contributed by atoms with Gasteiger partial charge in [0.05, 0.1) is 10.6 Å². The van der Waals surface area contributed by atoms with E-state index < -0.39 is 28.5 Å². The number of thioether (sulfide) groups is 1. The van der Waals surface area contributed by atoms with E-state index in [1.165, 1.54) is 45.7 Å². The Morgan fingerprint density at radius 1 is 1.06 bits per heavy atom. The van der Waals surface area contributed by atoms with Gasteiger partial charge >= 0.3 is 5.97 Å². The van der Waals surface area contributed by atoms with Crippen LogP contribution in [0.25, 0.3) is 0 Å². The second kappa shape index (κ2) is 11.2. The van der Waals surface area contributed by atoms with Gasteiger partial charge in [-0.2, -0.15) is 4.31 Å². The van der Waals surface area contributed by atoms with Crippen molar-refractivity contribution in [2.24, 2.45) is 0 Å². The number of rotatable bonds is 10. The molecule has 1 N–H and O–H groups in total. The van der Waals surface area contributed by atoms with Gasteiger partial charge in [-0.05, 0) is 67.1 Å². The summed E-state index contributed by atoms with van der Waals surface area (Å²) in [6.07, 6.45) is 3.36. The van der Waals surface area contributed by atoms with Crippen LogP contribution in [0.4, 0.5) is 5.69 Å². The third-order valence-electron chi connectivity index (χ3n) is 5.62. The molecule has 2 aromatic carbocycles. The number of nitrogens with zero attached hydrogens (tertiary/aromatic N) is 1. The van der Waals surface area contributed by atoms with Crippen LogP contribution in [-0.4, -0.2) is 50.0 Å². The van der Waals surface area contributed by atoms with Gasteiger partial charge in [-0.1, -0.05) is 26.0 Å². The van der Waals surface area contributed by atoms with E-state index >= 15 is 0 Å². The SMILES string of the molecule is CCN(CC)S(=O)(=O)c1ccc(C)c(NC(=O)COC(=O)CSc2ccc3c(c2)CCC3)c1. The van der Waals surface area contributed by atoms with E-state index in [4.69, 9.17) is 4.74 Å². The highest BCUT2D eigenvalue weighted by Crippen LogP contribution is 2.27. The number of ether oxygens (including phenoxy) is 1. The van der Waals surface area contributed by atoms with Crippen molar-refractivity contribution in [1.29, 1.82) is 0 Å². The summed E-state index contributed by atoms with van der Waals surface area (Å²) < 4.78 is 32.0. The highest BCUT2D eigenvalue weighted by atomic mass is 32.2. The van der Waals surface area contributed by atoms with Crippen molar-refractivity contribution in [3.63, 3.8) is 0 Å². The van der Waals surface area contributed by atoms with Gasteiger partial charge < -0.3 is 10.1 Å². The smallest absolute Gasteiger partial charge is 0.316 e. The molecule has 33 heavy (non-hydrogen) atoms. The molecule has 3 rings (SSSR count). The molecule has 0 fully saturated rings. The Morgan fingerprint density at radius 3 is 2.52 bits per heavy atom. The van der Waals surface area contributed by atoms with Crippen LogP contribution in [0.2, 0.25) is 0 Å². The molecule has 1 amide bonds. The van der Waals surface area contributed by atoms with Crippen LogP contribution >= 0.6 is 11.8 Å². The van der Waals surface area contributed by atoms with Crippen molar-refractivity contribution in [3.8, 4) is 0 Å². The summed E-state index contributed by atoms with van der Waals surface area (Å²) in [7, 11) is -3.65. The van der Waals surface area contributed by atoms with Gasteiger partial charge in [-0.15, -0.1) is 11.8 Å². The van der Waals surface area contributed by atoms with E-state index in [0.29, 0.717) is 24.3 Å². The van der Waals surface area contributed by atoms with E-state index in [9.17, 15) is 18.0 Å². The lowest BCUT2D eigenvalue weighted by Crippen LogP contribution is -2.30. The van der Waals surface area contributed by atoms with Crippen molar-refractivity contribution in [1.82, 2.24) is 4.31 Å². The van der Waals surface area contributed by atoms with Gasteiger partial charge in [0.2, 0.25) is 10.0 Å². The van der Waals surface area contributed by atoms with Gasteiger partial charge in [0.15, 0.2) is 6.61 Å². The van der Waals surface area contributed by atoms with E-state index in [1.807, 2.05) is 6.07 Å². The number of carbonyl (C=O) groups is 2. The fraction of sp³-hybridized carbons (Fsp3) is 0.417. The predicted octanol–water partition coefficient (Wildman–Crippen LogP) is 3.79. The molecule has 1 aliphatic carbocycles. The molecule has 0 heterocycles. The molecule has 178 valence electrons. The number of hydrogen-bond donors (Lipinski definition) is 1. The van der Waals surface area contributed by atoms with E-state index in [0.717, 1.165) is 17.7 Å². The molecule has 0 aromatic heterocycles. The van der Waals surface area contributed by atoms with Crippen LogP contribution in [0.1, 0.15) is 37.0 Å². The van der Waals surface area contributed by atoms with E-state index in [-0.39, 0.29) is 10.6 Å². The zero-order chi connectivity index (χ0) is 24.0. The van der Waals surface area contributed by atoms with Gasteiger partial charge in [0.25, 0.3) is 5.91 Å². The fourth-order valence-corrected chi connectivity index (χ4v) is 6.01. The van der Waals surface area contributed by atoms with Crippen LogP contribution in [-0.2, 0) is 37.2 Å². The second-order valence-corrected chi connectivity index (χ2v) is 10.8. The first-order valence-electron chi connectivity index (χ1n) is 11.1. The summed E-state index contributed by atoms with van der Waals surface area (Å²) in [5, 5.41) is 2.65. The van der Waals surface area contributed by atoms with Crippen molar-refractivity contribution >= 4 is 39.3 Å². The monoisotopic (exact) mass is 490 g/mol. The molecule has 0 spiro atoms. The number of fused-ring (bicyclic) bond motifs is 1. The minimum atomic E-state index is -3.65. The Morgan fingerprint density at radius 2 is 1.79 bits per heavy atom. The average molecular weight is 491 g/mol. The largest absolute Gasteiger partial charge is 0.455 e. The molecular formula is C24H30N2O5S2. The quantitative estimate of drug-likeness (QED) is 0.402. The number of esters is 1. The number of aryl methyl sites for hydroxylation is 3. The van der Waals surface area contributed by atoms with Gasteiger partial charge in [0.1, 0.15) is 0 Å². The maximum atomic E-state index is 12.8. The number of sulfonamides is 1. The van der Waals surface area contributed by atoms with Crippen molar-refractivity contribution < 1.29 is 22.7 Å². The zero-order valence-corrected chi connectivity index (χ0v) is 20.9. The van der Waals surface area contributed by atoms with E-state index in [2.05, 4.69) is 17.4 Å². The number of amides is 1. The fourth-order valence-electron chi connectivity index (χ4n) is 3.76. The highest BCUT2D eigenvalue weighted by molar-refractivity contribution is 8.00. The van der Waals surface area contributed by atoms with Crippen LogP contribution in [0.5, 0.6) is 0 Å². The molecule has 9 heteroatoms. The normalized spacial score (nSPS) is 13.1. The molecule has 0 radical (unpaired) electrons. The summed E-state index contributed by atoms with van der Waals surface area (Å²) in [6, 6.07) is 10.8. The summed E-state index contributed by atoms with van der Waals surface area (Å²) in [5.74, 6) is -0.889. The molecule has 0 saturated carbocycles. The molecule has 0 atom stereocenters. The Kier molecular flexibility index (Phi) is 8.56.